The molecule has 0 amide bonds. The lowest BCUT2D eigenvalue weighted by Crippen LogP contribution is -2.44. The topological polar surface area (TPSA) is 20.2 Å². The van der Waals surface area contributed by atoms with Gasteiger partial charge in [-0.05, 0) is 53.8 Å². The van der Waals surface area contributed by atoms with Gasteiger partial charge in [0.05, 0.1) is 6.10 Å². The lowest BCUT2D eigenvalue weighted by atomic mass is 9.60. The summed E-state index contributed by atoms with van der Waals surface area (Å²) >= 11 is 0. The zero-order valence-corrected chi connectivity index (χ0v) is 11.0. The van der Waals surface area contributed by atoms with Crippen LogP contribution >= 0.6 is 0 Å². The van der Waals surface area contributed by atoms with E-state index in [1.165, 1.54) is 19.3 Å². The first-order valence-electron chi connectivity index (χ1n) is 7.00. The average Bonchev–Trinajstić information content (AvgIpc) is 2.47. The standard InChI is InChI=1S/C15H24O/c1-12(2)6-5-11(16)15-10-7-9(13(15,3)4)8-14(10,12)15/h9-11,16H,5-8H2,1-4H3/t9?,10?,11?,14-,15+/m0/s1. The molecule has 5 saturated carbocycles. The molecule has 5 rings (SSSR count). The molecule has 2 spiro atoms. The second-order valence-corrected chi connectivity index (χ2v) is 8.19. The van der Waals surface area contributed by atoms with Crippen molar-refractivity contribution in [3.8, 4) is 0 Å². The molecule has 0 aliphatic heterocycles. The fourth-order valence-corrected chi connectivity index (χ4v) is 7.23. The molecule has 0 aromatic carbocycles. The third-order valence-electron chi connectivity index (χ3n) is 7.75. The van der Waals surface area contributed by atoms with Crippen LogP contribution in [0.15, 0.2) is 0 Å². The van der Waals surface area contributed by atoms with Crippen LogP contribution in [-0.2, 0) is 0 Å². The minimum atomic E-state index is -0.00646. The predicted molar refractivity (Wildman–Crippen MR) is 63.9 cm³/mol. The Kier molecular flexibility index (Phi) is 1.33. The van der Waals surface area contributed by atoms with Crippen molar-refractivity contribution in [2.75, 3.05) is 0 Å². The van der Waals surface area contributed by atoms with Crippen molar-refractivity contribution in [1.29, 1.82) is 0 Å². The van der Waals surface area contributed by atoms with Crippen LogP contribution in [0.2, 0.25) is 0 Å². The highest BCUT2D eigenvalue weighted by molar-refractivity contribution is 5.42. The molecule has 0 saturated heterocycles. The molecule has 5 aliphatic rings. The second-order valence-electron chi connectivity index (χ2n) is 8.19. The van der Waals surface area contributed by atoms with Gasteiger partial charge in [-0.3, -0.25) is 0 Å². The highest BCUT2D eigenvalue weighted by Crippen LogP contribution is 2.99. The zero-order chi connectivity index (χ0) is 11.6. The number of hydrogen-bond donors (Lipinski definition) is 1. The number of rotatable bonds is 0. The first kappa shape index (κ1) is 9.94. The molecule has 5 aliphatic carbocycles. The molecule has 0 aromatic heterocycles. The Balaban J connectivity index is 1.96. The summed E-state index contributed by atoms with van der Waals surface area (Å²) in [5, 5.41) is 10.6. The van der Waals surface area contributed by atoms with Gasteiger partial charge in [0.15, 0.2) is 0 Å². The van der Waals surface area contributed by atoms with Gasteiger partial charge in [0.2, 0.25) is 0 Å². The second kappa shape index (κ2) is 2.13. The molecule has 1 nitrogen and oxygen atoms in total. The van der Waals surface area contributed by atoms with Crippen molar-refractivity contribution < 1.29 is 5.11 Å². The molecule has 16 heavy (non-hydrogen) atoms. The lowest BCUT2D eigenvalue weighted by molar-refractivity contribution is -0.0567. The molecule has 90 valence electrons. The molecule has 4 bridgehead atoms. The fourth-order valence-electron chi connectivity index (χ4n) is 7.23. The van der Waals surface area contributed by atoms with Crippen LogP contribution in [0.4, 0.5) is 0 Å². The van der Waals surface area contributed by atoms with E-state index >= 15 is 0 Å². The zero-order valence-electron chi connectivity index (χ0n) is 11.0. The summed E-state index contributed by atoms with van der Waals surface area (Å²) in [5.74, 6) is 1.75. The summed E-state index contributed by atoms with van der Waals surface area (Å²) in [4.78, 5) is 0. The SMILES string of the molecule is CC1(C)C2CC3[C@@]14C(O)CCC(C)(C)[C@]34C2. The lowest BCUT2D eigenvalue weighted by Gasteiger charge is -2.46. The molecule has 0 heterocycles. The minimum Gasteiger partial charge on any atom is -0.392 e. The third kappa shape index (κ3) is 0.573. The van der Waals surface area contributed by atoms with Crippen molar-refractivity contribution in [3.05, 3.63) is 0 Å². The van der Waals surface area contributed by atoms with Crippen LogP contribution in [-0.4, -0.2) is 11.2 Å². The van der Waals surface area contributed by atoms with E-state index in [2.05, 4.69) is 27.7 Å². The summed E-state index contributed by atoms with van der Waals surface area (Å²) in [7, 11) is 0. The normalized spacial score (nSPS) is 63.2. The molecule has 0 radical (unpaired) electrons. The third-order valence-corrected chi connectivity index (χ3v) is 7.75. The van der Waals surface area contributed by atoms with Gasteiger partial charge in [0.25, 0.3) is 0 Å². The summed E-state index contributed by atoms with van der Waals surface area (Å²) in [6, 6.07) is 0. The Labute approximate surface area is 98.6 Å². The maximum atomic E-state index is 10.6. The van der Waals surface area contributed by atoms with Crippen LogP contribution in [0.3, 0.4) is 0 Å². The van der Waals surface area contributed by atoms with Crippen LogP contribution in [0.5, 0.6) is 0 Å². The summed E-state index contributed by atoms with van der Waals surface area (Å²) in [5.41, 5.74) is 1.70. The molecule has 1 N–H and O–H groups in total. The van der Waals surface area contributed by atoms with Gasteiger partial charge in [0.1, 0.15) is 0 Å². The predicted octanol–water partition coefficient (Wildman–Crippen LogP) is 3.22. The maximum absolute atomic E-state index is 10.6. The first-order chi connectivity index (χ1) is 7.32. The van der Waals surface area contributed by atoms with Gasteiger partial charge in [0, 0.05) is 5.41 Å². The maximum Gasteiger partial charge on any atom is 0.0610 e. The van der Waals surface area contributed by atoms with Crippen LogP contribution < -0.4 is 0 Å². The fraction of sp³-hybridized carbons (Fsp3) is 1.00. The van der Waals surface area contributed by atoms with Crippen molar-refractivity contribution in [2.45, 2.75) is 59.5 Å². The van der Waals surface area contributed by atoms with E-state index in [1.54, 1.807) is 0 Å². The molecule has 5 atom stereocenters. The monoisotopic (exact) mass is 220 g/mol. The first-order valence-corrected chi connectivity index (χ1v) is 7.00. The van der Waals surface area contributed by atoms with E-state index in [4.69, 9.17) is 0 Å². The number of aliphatic hydroxyl groups is 1. The molecule has 0 aromatic rings. The van der Waals surface area contributed by atoms with E-state index in [0.717, 1.165) is 18.3 Å². The van der Waals surface area contributed by atoms with Gasteiger partial charge < -0.3 is 5.11 Å². The molecular formula is C15H24O. The Morgan fingerprint density at radius 1 is 1.12 bits per heavy atom. The Hall–Kier alpha value is -0.0400. The van der Waals surface area contributed by atoms with E-state index in [0.29, 0.717) is 21.7 Å². The number of hydrogen-bond acceptors (Lipinski definition) is 1. The van der Waals surface area contributed by atoms with Crippen molar-refractivity contribution in [3.63, 3.8) is 0 Å². The largest absolute Gasteiger partial charge is 0.392 e. The highest BCUT2D eigenvalue weighted by atomic mass is 16.3. The van der Waals surface area contributed by atoms with Gasteiger partial charge >= 0.3 is 0 Å². The van der Waals surface area contributed by atoms with Gasteiger partial charge in [-0.25, -0.2) is 0 Å². The van der Waals surface area contributed by atoms with Crippen LogP contribution in [0.25, 0.3) is 0 Å². The highest BCUT2D eigenvalue weighted by Gasteiger charge is 2.95. The van der Waals surface area contributed by atoms with E-state index < -0.39 is 0 Å². The van der Waals surface area contributed by atoms with Gasteiger partial charge in [-0.2, -0.15) is 0 Å². The van der Waals surface area contributed by atoms with Crippen molar-refractivity contribution in [2.24, 2.45) is 33.5 Å². The summed E-state index contributed by atoms with van der Waals surface area (Å²) < 4.78 is 0. The van der Waals surface area contributed by atoms with Crippen LogP contribution in [0.1, 0.15) is 53.4 Å². The van der Waals surface area contributed by atoms with E-state index in [9.17, 15) is 5.11 Å². The quantitative estimate of drug-likeness (QED) is 0.664. The molecule has 5 fully saturated rings. The summed E-state index contributed by atoms with van der Waals surface area (Å²) in [6.45, 7) is 9.82. The summed E-state index contributed by atoms with van der Waals surface area (Å²) in [6.07, 6.45) is 5.09. The minimum absolute atomic E-state index is 0.00646. The number of aliphatic hydroxyl groups excluding tert-OH is 1. The Morgan fingerprint density at radius 2 is 1.81 bits per heavy atom. The smallest absolute Gasteiger partial charge is 0.0610 e. The molecular weight excluding hydrogens is 196 g/mol. The molecule has 3 unspecified atom stereocenters. The van der Waals surface area contributed by atoms with Crippen LogP contribution in [0, 0.1) is 33.5 Å². The van der Waals surface area contributed by atoms with Crippen molar-refractivity contribution >= 4 is 0 Å². The van der Waals surface area contributed by atoms with Gasteiger partial charge in [-0.15, -0.1) is 0 Å². The van der Waals surface area contributed by atoms with Gasteiger partial charge in [-0.1, -0.05) is 27.7 Å². The molecule has 1 heteroatoms. The average molecular weight is 220 g/mol. The Bertz CT molecular complexity index is 383. The van der Waals surface area contributed by atoms with E-state index in [1.807, 2.05) is 0 Å². The Morgan fingerprint density at radius 3 is 2.38 bits per heavy atom. The van der Waals surface area contributed by atoms with Crippen molar-refractivity contribution in [1.82, 2.24) is 0 Å². The van der Waals surface area contributed by atoms with E-state index in [-0.39, 0.29) is 6.10 Å².